The normalized spacial score (nSPS) is 14.3. The van der Waals surface area contributed by atoms with Gasteiger partial charge in [-0.05, 0) is 84.5 Å². The minimum atomic E-state index is -4.77. The summed E-state index contributed by atoms with van der Waals surface area (Å²) in [6.07, 6.45) is -1.93. The Bertz CT molecular complexity index is 1430. The van der Waals surface area contributed by atoms with Crippen LogP contribution in [0.3, 0.4) is 0 Å². The van der Waals surface area contributed by atoms with Crippen LogP contribution in [-0.2, 0) is 11.3 Å². The number of amides is 1. The van der Waals surface area contributed by atoms with Gasteiger partial charge in [0.05, 0.1) is 24.4 Å². The van der Waals surface area contributed by atoms with E-state index in [0.29, 0.717) is 34.6 Å². The summed E-state index contributed by atoms with van der Waals surface area (Å²) in [5.74, 6) is -0.511. The Kier molecular flexibility index (Phi) is 9.46. The highest BCUT2D eigenvalue weighted by Crippen LogP contribution is 2.32. The lowest BCUT2D eigenvalue weighted by atomic mass is 9.97. The molecule has 0 saturated heterocycles. The molecule has 0 aromatic heterocycles. The third-order valence-electron chi connectivity index (χ3n) is 6.68. The topological polar surface area (TPSA) is 88.4 Å². The zero-order valence-electron chi connectivity index (χ0n) is 22.5. The first-order chi connectivity index (χ1) is 19.6. The molecular formula is C31H32F4N4O2. The van der Waals surface area contributed by atoms with Crippen molar-refractivity contribution in [2.24, 2.45) is 11.7 Å². The van der Waals surface area contributed by atoms with Gasteiger partial charge in [-0.3, -0.25) is 4.79 Å². The maximum atomic E-state index is 15.0. The van der Waals surface area contributed by atoms with Crippen molar-refractivity contribution in [3.05, 3.63) is 113 Å². The van der Waals surface area contributed by atoms with Crippen molar-refractivity contribution >= 4 is 17.3 Å². The van der Waals surface area contributed by atoms with Gasteiger partial charge in [0.2, 0.25) is 0 Å². The quantitative estimate of drug-likeness (QED) is 0.115. The number of nitrogens with two attached hydrogens (primary N) is 1. The standard InChI is InChI=1S/C31H32F4N4O2/c1-19(31(33,34)35)13-28(38-24-7-3-5-21(14-24)17-36)30(40)39-27-16-23(11-12-26(27)32)29(37-18-20-9-10-20)22-6-4-8-25(15-22)41-2/h3-8,11-16,20,29,37-38H,1,9-10,17-18,36H2,2H3,(H,39,40)/b28-13-. The number of ether oxygens (including phenoxy) is 1. The minimum Gasteiger partial charge on any atom is -0.497 e. The lowest BCUT2D eigenvalue weighted by Crippen LogP contribution is -2.25. The Morgan fingerprint density at radius 2 is 1.80 bits per heavy atom. The maximum Gasteiger partial charge on any atom is 0.415 e. The summed E-state index contributed by atoms with van der Waals surface area (Å²) in [5, 5.41) is 8.64. The van der Waals surface area contributed by atoms with Crippen LogP contribution in [0.25, 0.3) is 0 Å². The van der Waals surface area contributed by atoms with Crippen molar-refractivity contribution in [1.82, 2.24) is 5.32 Å². The molecule has 0 heterocycles. The molecule has 0 bridgehead atoms. The summed E-state index contributed by atoms with van der Waals surface area (Å²) < 4.78 is 60.3. The first-order valence-electron chi connectivity index (χ1n) is 13.1. The second-order valence-corrected chi connectivity index (χ2v) is 9.87. The molecule has 3 aromatic rings. The van der Waals surface area contributed by atoms with Gasteiger partial charge in [-0.15, -0.1) is 0 Å². The zero-order chi connectivity index (χ0) is 29.6. The smallest absolute Gasteiger partial charge is 0.415 e. The predicted molar refractivity (Wildman–Crippen MR) is 152 cm³/mol. The minimum absolute atomic E-state index is 0.186. The van der Waals surface area contributed by atoms with E-state index >= 15 is 0 Å². The number of methoxy groups -OCH3 is 1. The van der Waals surface area contributed by atoms with Crippen LogP contribution in [0, 0.1) is 11.7 Å². The molecule has 4 rings (SSSR count). The highest BCUT2D eigenvalue weighted by atomic mass is 19.4. The van der Waals surface area contributed by atoms with E-state index in [2.05, 4.69) is 22.5 Å². The van der Waals surface area contributed by atoms with Crippen LogP contribution in [0.15, 0.2) is 90.7 Å². The number of hydrogen-bond acceptors (Lipinski definition) is 5. The van der Waals surface area contributed by atoms with Crippen LogP contribution >= 0.6 is 0 Å². The number of alkyl halides is 3. The molecule has 1 atom stereocenters. The molecule has 1 amide bonds. The van der Waals surface area contributed by atoms with Gasteiger partial charge in [-0.1, -0.05) is 36.9 Å². The maximum absolute atomic E-state index is 15.0. The summed E-state index contributed by atoms with van der Waals surface area (Å²) in [6.45, 7) is 3.98. The SMILES string of the molecule is C=C(/C=C(\Nc1cccc(CN)c1)C(=O)Nc1cc(C(NCC2CC2)c2cccc(OC)c2)ccc1F)C(F)(F)F. The molecule has 0 aliphatic heterocycles. The number of hydrogen-bond donors (Lipinski definition) is 4. The van der Waals surface area contributed by atoms with E-state index in [1.807, 2.05) is 24.3 Å². The molecule has 1 aliphatic rings. The molecule has 0 radical (unpaired) electrons. The molecule has 6 nitrogen and oxygen atoms in total. The van der Waals surface area contributed by atoms with E-state index in [9.17, 15) is 22.4 Å². The number of anilines is 2. The van der Waals surface area contributed by atoms with Crippen LogP contribution in [-0.4, -0.2) is 25.7 Å². The Hall–Kier alpha value is -4.15. The molecule has 216 valence electrons. The third-order valence-corrected chi connectivity index (χ3v) is 6.68. The van der Waals surface area contributed by atoms with E-state index in [4.69, 9.17) is 10.5 Å². The van der Waals surface area contributed by atoms with Gasteiger partial charge in [0.25, 0.3) is 5.91 Å². The highest BCUT2D eigenvalue weighted by molar-refractivity contribution is 6.06. The van der Waals surface area contributed by atoms with Crippen LogP contribution in [0.4, 0.5) is 28.9 Å². The van der Waals surface area contributed by atoms with Gasteiger partial charge < -0.3 is 26.4 Å². The third kappa shape index (κ3) is 8.18. The fourth-order valence-corrected chi connectivity index (χ4v) is 4.21. The summed E-state index contributed by atoms with van der Waals surface area (Å²) in [5.41, 5.74) is 6.33. The van der Waals surface area contributed by atoms with E-state index < -0.39 is 29.2 Å². The second-order valence-electron chi connectivity index (χ2n) is 9.87. The van der Waals surface area contributed by atoms with E-state index in [1.54, 1.807) is 37.4 Å². The Morgan fingerprint density at radius 1 is 1.07 bits per heavy atom. The first-order valence-corrected chi connectivity index (χ1v) is 13.1. The molecule has 1 unspecified atom stereocenters. The summed E-state index contributed by atoms with van der Waals surface area (Å²) in [4.78, 5) is 13.3. The predicted octanol–water partition coefficient (Wildman–Crippen LogP) is 6.44. The van der Waals surface area contributed by atoms with E-state index in [-0.39, 0.29) is 18.3 Å². The van der Waals surface area contributed by atoms with Crippen LogP contribution in [0.2, 0.25) is 0 Å². The molecule has 1 fully saturated rings. The molecular weight excluding hydrogens is 536 g/mol. The van der Waals surface area contributed by atoms with Gasteiger partial charge >= 0.3 is 6.18 Å². The van der Waals surface area contributed by atoms with Crippen molar-refractivity contribution in [3.63, 3.8) is 0 Å². The summed E-state index contributed by atoms with van der Waals surface area (Å²) in [6, 6.07) is 18.0. The van der Waals surface area contributed by atoms with Crippen molar-refractivity contribution in [3.8, 4) is 5.75 Å². The van der Waals surface area contributed by atoms with Crippen LogP contribution in [0.1, 0.15) is 35.6 Å². The van der Waals surface area contributed by atoms with Crippen molar-refractivity contribution in [2.45, 2.75) is 31.6 Å². The lowest BCUT2D eigenvalue weighted by molar-refractivity contribution is -0.112. The fourth-order valence-electron chi connectivity index (χ4n) is 4.21. The van der Waals surface area contributed by atoms with Gasteiger partial charge in [0.1, 0.15) is 17.3 Å². The summed E-state index contributed by atoms with van der Waals surface area (Å²) in [7, 11) is 1.57. The monoisotopic (exact) mass is 568 g/mol. The number of allylic oxidation sites excluding steroid dienone is 2. The van der Waals surface area contributed by atoms with E-state index in [1.165, 1.54) is 12.1 Å². The molecule has 10 heteroatoms. The molecule has 1 saturated carbocycles. The van der Waals surface area contributed by atoms with Crippen molar-refractivity contribution < 1.29 is 27.1 Å². The Morgan fingerprint density at radius 3 is 2.49 bits per heavy atom. The fraction of sp³-hybridized carbons (Fsp3) is 0.258. The first kappa shape index (κ1) is 29.8. The molecule has 3 aromatic carbocycles. The zero-order valence-corrected chi connectivity index (χ0v) is 22.5. The van der Waals surface area contributed by atoms with Crippen molar-refractivity contribution in [1.29, 1.82) is 0 Å². The Balaban J connectivity index is 1.65. The van der Waals surface area contributed by atoms with Crippen LogP contribution in [0.5, 0.6) is 5.75 Å². The van der Waals surface area contributed by atoms with Gasteiger partial charge in [-0.2, -0.15) is 13.2 Å². The second kappa shape index (κ2) is 13.0. The highest BCUT2D eigenvalue weighted by Gasteiger charge is 2.31. The lowest BCUT2D eigenvalue weighted by Gasteiger charge is -2.22. The molecule has 5 N–H and O–H groups in total. The number of carbonyl (C=O) groups excluding carboxylic acids is 1. The summed E-state index contributed by atoms with van der Waals surface area (Å²) >= 11 is 0. The number of halogens is 4. The number of nitrogens with one attached hydrogen (secondary N) is 3. The Labute approximate surface area is 236 Å². The van der Waals surface area contributed by atoms with E-state index in [0.717, 1.165) is 24.9 Å². The molecule has 1 aliphatic carbocycles. The van der Waals surface area contributed by atoms with Crippen LogP contribution < -0.4 is 26.4 Å². The molecule has 0 spiro atoms. The van der Waals surface area contributed by atoms with Gasteiger partial charge in [-0.25, -0.2) is 4.39 Å². The largest absolute Gasteiger partial charge is 0.497 e. The average molecular weight is 569 g/mol. The average Bonchev–Trinajstić information content (AvgIpc) is 3.78. The number of benzene rings is 3. The van der Waals surface area contributed by atoms with Crippen molar-refractivity contribution in [2.75, 3.05) is 24.3 Å². The van der Waals surface area contributed by atoms with Gasteiger partial charge in [0, 0.05) is 12.2 Å². The molecule has 41 heavy (non-hydrogen) atoms. The number of rotatable bonds is 12. The van der Waals surface area contributed by atoms with Gasteiger partial charge in [0.15, 0.2) is 0 Å². The number of carbonyl (C=O) groups is 1.